The van der Waals surface area contributed by atoms with E-state index < -0.39 is 0 Å². The number of amides is 1. The molecule has 12 heteroatoms. The van der Waals surface area contributed by atoms with E-state index >= 15 is 0 Å². The Hall–Kier alpha value is -4.16. The van der Waals surface area contributed by atoms with E-state index in [0.29, 0.717) is 39.3 Å². The maximum absolute atomic E-state index is 13.2. The van der Waals surface area contributed by atoms with Crippen LogP contribution in [0.25, 0.3) is 33.7 Å². The van der Waals surface area contributed by atoms with Gasteiger partial charge in [-0.1, -0.05) is 23.7 Å². The van der Waals surface area contributed by atoms with E-state index in [9.17, 15) is 9.59 Å². The third kappa shape index (κ3) is 5.91. The van der Waals surface area contributed by atoms with Crippen LogP contribution in [0.5, 0.6) is 0 Å². The Morgan fingerprint density at radius 2 is 2.00 bits per heavy atom. The Labute approximate surface area is 275 Å². The number of carbonyl (C=O) groups is 2. The lowest BCUT2D eigenvalue weighted by Gasteiger charge is -2.20. The summed E-state index contributed by atoms with van der Waals surface area (Å²) in [6.07, 6.45) is 5.10. The molecule has 0 aliphatic carbocycles. The van der Waals surface area contributed by atoms with Gasteiger partial charge in [-0.3, -0.25) is 14.6 Å². The number of pyridine rings is 1. The number of fused-ring (bicyclic) bond motifs is 2. The minimum absolute atomic E-state index is 0.114. The molecule has 5 heterocycles. The van der Waals surface area contributed by atoms with Gasteiger partial charge in [0.05, 0.1) is 28.5 Å². The molecule has 2 aromatic carbocycles. The normalized spacial score (nSPS) is 16.5. The van der Waals surface area contributed by atoms with E-state index in [0.717, 1.165) is 76.4 Å². The van der Waals surface area contributed by atoms with E-state index in [1.54, 1.807) is 18.5 Å². The molecule has 0 saturated carbocycles. The molecule has 236 valence electrons. The zero-order chi connectivity index (χ0) is 31.9. The second kappa shape index (κ2) is 12.6. The first kappa shape index (κ1) is 30.5. The predicted molar refractivity (Wildman–Crippen MR) is 178 cm³/mol. The van der Waals surface area contributed by atoms with Crippen molar-refractivity contribution in [3.63, 3.8) is 0 Å². The number of carbonyl (C=O) groups excluding carboxylic acids is 2. The van der Waals surface area contributed by atoms with Gasteiger partial charge in [-0.05, 0) is 74.3 Å². The third-order valence-electron chi connectivity index (χ3n) is 8.71. The number of esters is 1. The van der Waals surface area contributed by atoms with Crippen LogP contribution < -0.4 is 10.6 Å². The number of likely N-dealkylation sites (N-methyl/N-ethyl adjacent to an activating group) is 1. The van der Waals surface area contributed by atoms with Crippen molar-refractivity contribution in [3.8, 4) is 22.6 Å². The number of nitrogens with one attached hydrogen (secondary N) is 2. The summed E-state index contributed by atoms with van der Waals surface area (Å²) in [5, 5.41) is 7.08. The Balaban J connectivity index is 1.13. The SMILES string of the molecule is Cc1c(NC(=O)c2nc3c(s2)CN(C)CC3)cncc1-c1cccc(-c2nc3cc(COC(=O)C4CCNC4)cc(Cl)c3o2)c1C. The molecule has 2 N–H and O–H groups in total. The van der Waals surface area contributed by atoms with Gasteiger partial charge in [0, 0.05) is 48.3 Å². The predicted octanol–water partition coefficient (Wildman–Crippen LogP) is 6.18. The number of hydrogen-bond donors (Lipinski definition) is 2. The molecule has 1 saturated heterocycles. The van der Waals surface area contributed by atoms with Gasteiger partial charge in [-0.15, -0.1) is 11.3 Å². The summed E-state index contributed by atoms with van der Waals surface area (Å²) < 4.78 is 11.7. The van der Waals surface area contributed by atoms with Crippen molar-refractivity contribution in [2.75, 3.05) is 32.0 Å². The van der Waals surface area contributed by atoms with Gasteiger partial charge in [0.2, 0.25) is 5.89 Å². The summed E-state index contributed by atoms with van der Waals surface area (Å²) in [6.45, 7) is 7.31. The van der Waals surface area contributed by atoms with E-state index in [1.165, 1.54) is 11.3 Å². The summed E-state index contributed by atoms with van der Waals surface area (Å²) in [6, 6.07) is 9.49. The molecule has 1 unspecified atom stereocenters. The molecule has 2 aliphatic heterocycles. The van der Waals surface area contributed by atoms with E-state index in [-0.39, 0.29) is 24.4 Å². The van der Waals surface area contributed by atoms with E-state index in [1.807, 2.05) is 38.1 Å². The van der Waals surface area contributed by atoms with Gasteiger partial charge in [-0.2, -0.15) is 0 Å². The smallest absolute Gasteiger partial charge is 0.310 e. The second-order valence-corrected chi connectivity index (χ2v) is 13.4. The number of anilines is 1. The number of nitrogens with zero attached hydrogens (tertiary/aromatic N) is 4. The first-order valence-electron chi connectivity index (χ1n) is 15.2. The number of rotatable bonds is 7. The van der Waals surface area contributed by atoms with E-state index in [4.69, 9.17) is 25.7 Å². The van der Waals surface area contributed by atoms with Gasteiger partial charge >= 0.3 is 5.97 Å². The fourth-order valence-corrected chi connectivity index (χ4v) is 7.41. The number of ether oxygens (including phenoxy) is 1. The maximum Gasteiger partial charge on any atom is 0.310 e. The molecule has 5 aromatic rings. The first-order valence-corrected chi connectivity index (χ1v) is 16.4. The lowest BCUT2D eigenvalue weighted by Crippen LogP contribution is -2.25. The minimum atomic E-state index is -0.234. The van der Waals surface area contributed by atoms with Crippen LogP contribution in [0.2, 0.25) is 5.02 Å². The van der Waals surface area contributed by atoms with Crippen molar-refractivity contribution in [3.05, 3.63) is 80.0 Å². The monoisotopic (exact) mass is 656 g/mol. The number of halogens is 1. The van der Waals surface area contributed by atoms with Gasteiger partial charge in [0.1, 0.15) is 12.1 Å². The van der Waals surface area contributed by atoms with Crippen LogP contribution >= 0.6 is 22.9 Å². The Kier molecular flexibility index (Phi) is 8.33. The van der Waals surface area contributed by atoms with Crippen molar-refractivity contribution in [1.29, 1.82) is 0 Å². The molecule has 1 amide bonds. The van der Waals surface area contributed by atoms with E-state index in [2.05, 4.69) is 32.5 Å². The van der Waals surface area contributed by atoms with Crippen LogP contribution in [0, 0.1) is 19.8 Å². The molecule has 7 rings (SSSR count). The molecular weight excluding hydrogens is 624 g/mol. The largest absolute Gasteiger partial charge is 0.461 e. The summed E-state index contributed by atoms with van der Waals surface area (Å²) >= 11 is 8.05. The Morgan fingerprint density at radius 3 is 2.83 bits per heavy atom. The van der Waals surface area contributed by atoms with Crippen LogP contribution in [0.15, 0.2) is 47.1 Å². The first-order chi connectivity index (χ1) is 22.2. The van der Waals surface area contributed by atoms with Gasteiger partial charge in [0.15, 0.2) is 10.6 Å². The maximum atomic E-state index is 13.2. The number of benzene rings is 2. The van der Waals surface area contributed by atoms with Crippen LogP contribution in [-0.2, 0) is 29.1 Å². The van der Waals surface area contributed by atoms with Gasteiger partial charge in [-0.25, -0.2) is 9.97 Å². The Morgan fingerprint density at radius 1 is 1.15 bits per heavy atom. The quantitative estimate of drug-likeness (QED) is 0.198. The molecule has 10 nitrogen and oxygen atoms in total. The van der Waals surface area contributed by atoms with Crippen LogP contribution in [0.3, 0.4) is 0 Å². The highest BCUT2D eigenvalue weighted by Crippen LogP contribution is 2.37. The molecular formula is C34H33ClN6O4S. The van der Waals surface area contributed by atoms with Crippen LogP contribution in [0.4, 0.5) is 5.69 Å². The van der Waals surface area contributed by atoms with Crippen molar-refractivity contribution in [1.82, 2.24) is 25.2 Å². The standard InChI is InChI=1S/C34H33ClN6O4S/c1-18-22(24-14-37-15-28(19(24)2)38-31(42)33-40-26-8-10-41(3)16-29(26)46-33)5-4-6-23(18)32-39-27-12-20(11-25(35)30(27)45-32)17-44-34(43)21-7-9-36-13-21/h4-6,11-12,14-15,21,36H,7-10,13,16-17H2,1-3H3,(H,38,42). The van der Waals surface area contributed by atoms with Crippen molar-refractivity contribution < 1.29 is 18.7 Å². The molecule has 0 radical (unpaired) electrons. The van der Waals surface area contributed by atoms with Crippen LogP contribution in [-0.4, -0.2) is 58.4 Å². The van der Waals surface area contributed by atoms with Crippen LogP contribution in [0.1, 0.15) is 43.5 Å². The zero-order valence-electron chi connectivity index (χ0n) is 25.8. The number of aromatic nitrogens is 3. The summed E-state index contributed by atoms with van der Waals surface area (Å²) in [7, 11) is 2.08. The average molecular weight is 657 g/mol. The lowest BCUT2D eigenvalue weighted by molar-refractivity contribution is -0.149. The lowest BCUT2D eigenvalue weighted by atomic mass is 9.94. The molecule has 1 atom stereocenters. The fourth-order valence-electron chi connectivity index (χ4n) is 6.05. The summed E-state index contributed by atoms with van der Waals surface area (Å²) in [4.78, 5) is 42.9. The average Bonchev–Trinajstić information content (AvgIpc) is 3.81. The van der Waals surface area contributed by atoms with Gasteiger partial charge < -0.3 is 24.7 Å². The molecule has 2 aliphatic rings. The summed E-state index contributed by atoms with van der Waals surface area (Å²) in [5.41, 5.74) is 7.89. The highest BCUT2D eigenvalue weighted by atomic mass is 35.5. The highest BCUT2D eigenvalue weighted by molar-refractivity contribution is 7.13. The van der Waals surface area contributed by atoms with Crippen molar-refractivity contribution >= 4 is 51.6 Å². The van der Waals surface area contributed by atoms with Crippen molar-refractivity contribution in [2.45, 2.75) is 39.8 Å². The Bertz CT molecular complexity index is 1980. The topological polar surface area (TPSA) is 122 Å². The van der Waals surface area contributed by atoms with Gasteiger partial charge in [0.25, 0.3) is 5.91 Å². The number of hydrogen-bond acceptors (Lipinski definition) is 10. The second-order valence-electron chi connectivity index (χ2n) is 11.9. The summed E-state index contributed by atoms with van der Waals surface area (Å²) in [5.74, 6) is -0.133. The fraction of sp³-hybridized carbons (Fsp3) is 0.324. The molecule has 1 fully saturated rings. The molecule has 0 spiro atoms. The molecule has 3 aromatic heterocycles. The number of thiazole rings is 1. The molecule has 0 bridgehead atoms. The van der Waals surface area contributed by atoms with Crippen molar-refractivity contribution in [2.24, 2.45) is 5.92 Å². The number of oxazole rings is 1. The third-order valence-corrected chi connectivity index (χ3v) is 10.1. The minimum Gasteiger partial charge on any atom is -0.461 e. The zero-order valence-corrected chi connectivity index (χ0v) is 27.3. The highest BCUT2D eigenvalue weighted by Gasteiger charge is 2.25. The molecule has 46 heavy (non-hydrogen) atoms.